The highest BCUT2D eigenvalue weighted by molar-refractivity contribution is 6.42. The molecule has 1 heterocycles. The molecule has 0 radical (unpaired) electrons. The average Bonchev–Trinajstić information content (AvgIpc) is 2.82. The minimum Gasteiger partial charge on any atom is -0.489 e. The van der Waals surface area contributed by atoms with Crippen molar-refractivity contribution < 1.29 is 14.6 Å². The van der Waals surface area contributed by atoms with E-state index in [4.69, 9.17) is 27.9 Å². The number of aliphatic carboxylic acids is 1. The number of benzene rings is 3. The lowest BCUT2D eigenvalue weighted by atomic mass is 9.91. The Morgan fingerprint density at radius 1 is 0.969 bits per heavy atom. The SMILES string of the molecule is O=C(O)C1CCN(C(c2ccc(OCc3ccccc3)cc2)c2cccc(Cl)c2Cl)CC1. The third-order valence-electron chi connectivity index (χ3n) is 5.96. The quantitative estimate of drug-likeness (QED) is 0.431. The van der Waals surface area contributed by atoms with Crippen LogP contribution in [0, 0.1) is 5.92 Å². The zero-order valence-electron chi connectivity index (χ0n) is 17.6. The van der Waals surface area contributed by atoms with Gasteiger partial charge in [0.25, 0.3) is 0 Å². The van der Waals surface area contributed by atoms with Gasteiger partial charge in [-0.3, -0.25) is 9.69 Å². The molecule has 6 heteroatoms. The van der Waals surface area contributed by atoms with E-state index in [1.165, 1.54) is 0 Å². The van der Waals surface area contributed by atoms with Crippen molar-refractivity contribution in [1.29, 1.82) is 0 Å². The van der Waals surface area contributed by atoms with Crippen LogP contribution in [0.1, 0.15) is 35.6 Å². The van der Waals surface area contributed by atoms with E-state index in [1.54, 1.807) is 6.07 Å². The van der Waals surface area contributed by atoms with Crippen LogP contribution < -0.4 is 4.74 Å². The maximum absolute atomic E-state index is 11.4. The van der Waals surface area contributed by atoms with Crippen LogP contribution in [0.3, 0.4) is 0 Å². The van der Waals surface area contributed by atoms with E-state index in [2.05, 4.69) is 4.90 Å². The van der Waals surface area contributed by atoms with Crippen molar-refractivity contribution in [3.05, 3.63) is 99.5 Å². The van der Waals surface area contributed by atoms with E-state index < -0.39 is 5.97 Å². The Labute approximate surface area is 198 Å². The smallest absolute Gasteiger partial charge is 0.306 e. The van der Waals surface area contributed by atoms with Crippen LogP contribution in [0.4, 0.5) is 0 Å². The monoisotopic (exact) mass is 469 g/mol. The van der Waals surface area contributed by atoms with Gasteiger partial charge in [-0.15, -0.1) is 0 Å². The Kier molecular flexibility index (Phi) is 7.36. The molecule has 1 atom stereocenters. The van der Waals surface area contributed by atoms with Gasteiger partial charge in [-0.1, -0.05) is 77.8 Å². The Hall–Kier alpha value is -2.53. The molecular weight excluding hydrogens is 445 g/mol. The minimum atomic E-state index is -0.720. The van der Waals surface area contributed by atoms with Crippen LogP contribution in [0.2, 0.25) is 10.0 Å². The summed E-state index contributed by atoms with van der Waals surface area (Å²) in [4.78, 5) is 13.7. The van der Waals surface area contributed by atoms with Crippen LogP contribution in [0.25, 0.3) is 0 Å². The average molecular weight is 470 g/mol. The normalized spacial score (nSPS) is 15.9. The summed E-state index contributed by atoms with van der Waals surface area (Å²) >= 11 is 12.9. The van der Waals surface area contributed by atoms with Gasteiger partial charge in [-0.2, -0.15) is 0 Å². The maximum Gasteiger partial charge on any atom is 0.306 e. The number of halogens is 2. The Morgan fingerprint density at radius 2 is 1.66 bits per heavy atom. The standard InChI is InChI=1S/C26H25Cl2NO3/c27-23-8-4-7-22(24(23)28)25(29-15-13-20(14-16-29)26(30)31)19-9-11-21(12-10-19)32-17-18-5-2-1-3-6-18/h1-12,20,25H,13-17H2,(H,30,31). The van der Waals surface area contributed by atoms with Crippen molar-refractivity contribution in [2.75, 3.05) is 13.1 Å². The summed E-state index contributed by atoms with van der Waals surface area (Å²) in [5.41, 5.74) is 3.10. The second-order valence-electron chi connectivity index (χ2n) is 8.04. The highest BCUT2D eigenvalue weighted by Gasteiger charge is 2.31. The van der Waals surface area contributed by atoms with E-state index in [0.29, 0.717) is 42.6 Å². The van der Waals surface area contributed by atoms with E-state index in [9.17, 15) is 9.90 Å². The molecule has 1 aliphatic rings. The van der Waals surface area contributed by atoms with Crippen molar-refractivity contribution in [3.8, 4) is 5.75 Å². The van der Waals surface area contributed by atoms with E-state index in [1.807, 2.05) is 66.7 Å². The molecule has 0 aromatic heterocycles. The first-order valence-corrected chi connectivity index (χ1v) is 11.5. The molecule has 32 heavy (non-hydrogen) atoms. The largest absolute Gasteiger partial charge is 0.489 e. The molecule has 3 aromatic rings. The van der Waals surface area contributed by atoms with Crippen molar-refractivity contribution >= 4 is 29.2 Å². The van der Waals surface area contributed by atoms with Crippen molar-refractivity contribution in [1.82, 2.24) is 4.90 Å². The molecule has 166 valence electrons. The fourth-order valence-electron chi connectivity index (χ4n) is 4.21. The number of carbonyl (C=O) groups is 1. The van der Waals surface area contributed by atoms with Crippen molar-refractivity contribution in [3.63, 3.8) is 0 Å². The molecule has 1 unspecified atom stereocenters. The van der Waals surface area contributed by atoms with Gasteiger partial charge in [0.15, 0.2) is 0 Å². The number of hydrogen-bond acceptors (Lipinski definition) is 3. The number of carboxylic acids is 1. The van der Waals surface area contributed by atoms with Gasteiger partial charge in [-0.05, 0) is 60.8 Å². The fraction of sp³-hybridized carbons (Fsp3) is 0.269. The van der Waals surface area contributed by atoms with Gasteiger partial charge in [0.05, 0.1) is 22.0 Å². The van der Waals surface area contributed by atoms with Crippen LogP contribution in [0.15, 0.2) is 72.8 Å². The van der Waals surface area contributed by atoms with Gasteiger partial charge in [0.1, 0.15) is 12.4 Å². The number of rotatable bonds is 7. The number of likely N-dealkylation sites (tertiary alicyclic amines) is 1. The first-order chi connectivity index (χ1) is 15.5. The van der Waals surface area contributed by atoms with E-state index in [-0.39, 0.29) is 12.0 Å². The molecule has 1 fully saturated rings. The van der Waals surface area contributed by atoms with Gasteiger partial charge in [0.2, 0.25) is 0 Å². The highest BCUT2D eigenvalue weighted by Crippen LogP contribution is 2.39. The van der Waals surface area contributed by atoms with Crippen LogP contribution >= 0.6 is 23.2 Å². The first-order valence-electron chi connectivity index (χ1n) is 10.7. The molecule has 1 aliphatic heterocycles. The minimum absolute atomic E-state index is 0.112. The van der Waals surface area contributed by atoms with Gasteiger partial charge < -0.3 is 9.84 Å². The highest BCUT2D eigenvalue weighted by atomic mass is 35.5. The molecule has 4 nitrogen and oxygen atoms in total. The summed E-state index contributed by atoms with van der Waals surface area (Å²) in [6.45, 7) is 1.86. The van der Waals surface area contributed by atoms with Crippen LogP contribution in [-0.4, -0.2) is 29.1 Å². The number of nitrogens with zero attached hydrogens (tertiary/aromatic N) is 1. The van der Waals surface area contributed by atoms with Crippen molar-refractivity contribution in [2.24, 2.45) is 5.92 Å². The Balaban J connectivity index is 1.57. The lowest BCUT2D eigenvalue weighted by Crippen LogP contribution is -2.39. The second-order valence-corrected chi connectivity index (χ2v) is 8.82. The van der Waals surface area contributed by atoms with Crippen LogP contribution in [0.5, 0.6) is 5.75 Å². The summed E-state index contributed by atoms with van der Waals surface area (Å²) in [5, 5.41) is 10.4. The summed E-state index contributed by atoms with van der Waals surface area (Å²) in [5.74, 6) is -0.226. The molecule has 1 saturated heterocycles. The second kappa shape index (κ2) is 10.4. The van der Waals surface area contributed by atoms with Gasteiger partial charge >= 0.3 is 5.97 Å². The molecule has 1 N–H and O–H groups in total. The molecule has 3 aromatic carbocycles. The predicted octanol–water partition coefficient (Wildman–Crippen LogP) is 6.46. The molecular formula is C26H25Cl2NO3. The topological polar surface area (TPSA) is 49.8 Å². The summed E-state index contributed by atoms with van der Waals surface area (Å²) in [6, 6.07) is 23.6. The summed E-state index contributed by atoms with van der Waals surface area (Å²) in [6.07, 6.45) is 1.23. The molecule has 0 amide bonds. The number of carboxylic acid groups (broad SMARTS) is 1. The van der Waals surface area contributed by atoms with E-state index in [0.717, 1.165) is 22.4 Å². The lowest BCUT2D eigenvalue weighted by Gasteiger charge is -2.37. The molecule has 0 saturated carbocycles. The third-order valence-corrected chi connectivity index (χ3v) is 6.80. The van der Waals surface area contributed by atoms with Crippen molar-refractivity contribution in [2.45, 2.75) is 25.5 Å². The zero-order chi connectivity index (χ0) is 22.5. The fourth-order valence-corrected chi connectivity index (χ4v) is 4.62. The maximum atomic E-state index is 11.4. The first kappa shape index (κ1) is 22.7. The van der Waals surface area contributed by atoms with Gasteiger partial charge in [0, 0.05) is 0 Å². The number of ether oxygens (including phenoxy) is 1. The summed E-state index contributed by atoms with van der Waals surface area (Å²) < 4.78 is 5.94. The summed E-state index contributed by atoms with van der Waals surface area (Å²) in [7, 11) is 0. The molecule has 0 spiro atoms. The lowest BCUT2D eigenvalue weighted by molar-refractivity contribution is -0.143. The number of piperidine rings is 1. The molecule has 0 aliphatic carbocycles. The third kappa shape index (κ3) is 5.26. The van der Waals surface area contributed by atoms with Gasteiger partial charge in [-0.25, -0.2) is 0 Å². The molecule has 4 rings (SSSR count). The predicted molar refractivity (Wildman–Crippen MR) is 127 cm³/mol. The van der Waals surface area contributed by atoms with E-state index >= 15 is 0 Å². The Morgan fingerprint density at radius 3 is 2.31 bits per heavy atom. The number of hydrogen-bond donors (Lipinski definition) is 1. The Bertz CT molecular complexity index is 1050. The molecule has 0 bridgehead atoms. The van der Waals surface area contributed by atoms with Crippen LogP contribution in [-0.2, 0) is 11.4 Å². The zero-order valence-corrected chi connectivity index (χ0v) is 19.1.